The number of carbonyl (C=O) groups excluding carboxylic acids is 1. The van der Waals surface area contributed by atoms with Crippen molar-refractivity contribution < 1.29 is 4.79 Å². The van der Waals surface area contributed by atoms with Gasteiger partial charge in [-0.2, -0.15) is 5.26 Å². The lowest BCUT2D eigenvalue weighted by Gasteiger charge is -2.08. The molecule has 1 aromatic carbocycles. The minimum absolute atomic E-state index is 0.0336. The monoisotopic (exact) mass is 280 g/mol. The van der Waals surface area contributed by atoms with Gasteiger partial charge in [0.2, 0.25) is 5.91 Å². The van der Waals surface area contributed by atoms with Crippen LogP contribution in [0.3, 0.4) is 0 Å². The van der Waals surface area contributed by atoms with E-state index in [1.165, 1.54) is 0 Å². The molecule has 2 rings (SSSR count). The first-order valence-corrected chi connectivity index (χ1v) is 6.68. The van der Waals surface area contributed by atoms with E-state index in [0.717, 1.165) is 11.3 Å². The van der Waals surface area contributed by atoms with Crippen LogP contribution in [0.5, 0.6) is 0 Å². The number of benzene rings is 1. The second kappa shape index (κ2) is 7.65. The van der Waals surface area contributed by atoms with E-state index in [9.17, 15) is 4.79 Å². The third kappa shape index (κ3) is 4.62. The van der Waals surface area contributed by atoms with Gasteiger partial charge in [0.1, 0.15) is 6.07 Å². The highest BCUT2D eigenvalue weighted by atomic mass is 16.1. The second-order valence-corrected chi connectivity index (χ2v) is 4.47. The SMILES string of the molecule is N#Cc1ccccc1NCCC(=O)NCc1ccncc1. The standard InChI is InChI=1S/C16H16N4O/c17-11-14-3-1-2-4-15(14)19-10-7-16(21)20-12-13-5-8-18-9-6-13/h1-6,8-9,19H,7,10,12H2,(H,20,21). The zero-order valence-electron chi connectivity index (χ0n) is 11.5. The van der Waals surface area contributed by atoms with Gasteiger partial charge in [0.05, 0.1) is 11.3 Å². The molecule has 5 heteroatoms. The molecule has 1 amide bonds. The van der Waals surface area contributed by atoms with Crippen LogP contribution in [0.4, 0.5) is 5.69 Å². The molecule has 106 valence electrons. The molecule has 2 aromatic rings. The van der Waals surface area contributed by atoms with E-state index in [-0.39, 0.29) is 5.91 Å². The number of anilines is 1. The predicted octanol–water partition coefficient (Wildman–Crippen LogP) is 2.07. The molecule has 2 N–H and O–H groups in total. The van der Waals surface area contributed by atoms with Crippen LogP contribution in [0.15, 0.2) is 48.8 Å². The molecule has 5 nitrogen and oxygen atoms in total. The van der Waals surface area contributed by atoms with Gasteiger partial charge in [0, 0.05) is 31.9 Å². The summed E-state index contributed by atoms with van der Waals surface area (Å²) >= 11 is 0. The van der Waals surface area contributed by atoms with Crippen molar-refractivity contribution in [1.82, 2.24) is 10.3 Å². The van der Waals surface area contributed by atoms with Crippen LogP contribution >= 0.6 is 0 Å². The van der Waals surface area contributed by atoms with Crippen LogP contribution in [0.25, 0.3) is 0 Å². The zero-order valence-corrected chi connectivity index (χ0v) is 11.5. The summed E-state index contributed by atoms with van der Waals surface area (Å²) in [6, 6.07) is 13.1. The molecule has 0 aliphatic heterocycles. The molecule has 0 aliphatic carbocycles. The van der Waals surface area contributed by atoms with E-state index in [2.05, 4.69) is 21.7 Å². The van der Waals surface area contributed by atoms with Crippen molar-refractivity contribution in [3.8, 4) is 6.07 Å². The zero-order chi connectivity index (χ0) is 14.9. The number of nitriles is 1. The van der Waals surface area contributed by atoms with Crippen LogP contribution in [0.2, 0.25) is 0 Å². The second-order valence-electron chi connectivity index (χ2n) is 4.47. The molecular weight excluding hydrogens is 264 g/mol. The smallest absolute Gasteiger partial charge is 0.222 e. The Hall–Kier alpha value is -2.87. The minimum Gasteiger partial charge on any atom is -0.383 e. The number of aromatic nitrogens is 1. The lowest BCUT2D eigenvalue weighted by molar-refractivity contribution is -0.121. The lowest BCUT2D eigenvalue weighted by Crippen LogP contribution is -2.24. The van der Waals surface area contributed by atoms with Crippen molar-refractivity contribution in [2.75, 3.05) is 11.9 Å². The van der Waals surface area contributed by atoms with Crippen molar-refractivity contribution in [3.05, 3.63) is 59.9 Å². The summed E-state index contributed by atoms with van der Waals surface area (Å²) in [6.07, 6.45) is 3.74. The van der Waals surface area contributed by atoms with Gasteiger partial charge in [-0.3, -0.25) is 9.78 Å². The predicted molar refractivity (Wildman–Crippen MR) is 80.3 cm³/mol. The van der Waals surface area contributed by atoms with E-state index >= 15 is 0 Å². The Morgan fingerprint density at radius 1 is 1.19 bits per heavy atom. The van der Waals surface area contributed by atoms with Crippen LogP contribution in [-0.2, 0) is 11.3 Å². The van der Waals surface area contributed by atoms with Crippen LogP contribution in [0, 0.1) is 11.3 Å². The van der Waals surface area contributed by atoms with Crippen molar-refractivity contribution in [3.63, 3.8) is 0 Å². The lowest BCUT2D eigenvalue weighted by atomic mass is 10.2. The van der Waals surface area contributed by atoms with Crippen molar-refractivity contribution in [1.29, 1.82) is 5.26 Å². The normalized spacial score (nSPS) is 9.67. The molecule has 0 atom stereocenters. The maximum absolute atomic E-state index is 11.7. The molecule has 0 aliphatic rings. The molecule has 0 saturated heterocycles. The summed E-state index contributed by atoms with van der Waals surface area (Å²) < 4.78 is 0. The molecule has 0 radical (unpaired) electrons. The van der Waals surface area contributed by atoms with Crippen LogP contribution in [-0.4, -0.2) is 17.4 Å². The highest BCUT2D eigenvalue weighted by Gasteiger charge is 2.03. The van der Waals surface area contributed by atoms with Gasteiger partial charge in [-0.15, -0.1) is 0 Å². The van der Waals surface area contributed by atoms with Gasteiger partial charge in [-0.05, 0) is 29.8 Å². The molecule has 21 heavy (non-hydrogen) atoms. The molecule has 0 fully saturated rings. The van der Waals surface area contributed by atoms with Gasteiger partial charge in [0.25, 0.3) is 0 Å². The summed E-state index contributed by atoms with van der Waals surface area (Å²) in [7, 11) is 0. The molecule has 0 saturated carbocycles. The first-order valence-electron chi connectivity index (χ1n) is 6.68. The third-order valence-electron chi connectivity index (χ3n) is 2.95. The Balaban J connectivity index is 1.73. The van der Waals surface area contributed by atoms with Crippen molar-refractivity contribution in [2.24, 2.45) is 0 Å². The van der Waals surface area contributed by atoms with Gasteiger partial charge < -0.3 is 10.6 Å². The van der Waals surface area contributed by atoms with E-state index in [1.807, 2.05) is 30.3 Å². The van der Waals surface area contributed by atoms with E-state index in [0.29, 0.717) is 25.1 Å². The Labute approximate surface area is 123 Å². The molecule has 1 aromatic heterocycles. The molecule has 0 unspecified atom stereocenters. The highest BCUT2D eigenvalue weighted by Crippen LogP contribution is 2.13. The number of carbonyl (C=O) groups is 1. The van der Waals surface area contributed by atoms with E-state index in [4.69, 9.17) is 5.26 Å². The van der Waals surface area contributed by atoms with Gasteiger partial charge in [-0.1, -0.05) is 12.1 Å². The molecular formula is C16H16N4O. The Morgan fingerprint density at radius 2 is 1.95 bits per heavy atom. The summed E-state index contributed by atoms with van der Waals surface area (Å²) in [5, 5.41) is 14.9. The van der Waals surface area contributed by atoms with Crippen molar-refractivity contribution in [2.45, 2.75) is 13.0 Å². The average molecular weight is 280 g/mol. The average Bonchev–Trinajstić information content (AvgIpc) is 2.54. The topological polar surface area (TPSA) is 77.8 Å². The summed E-state index contributed by atoms with van der Waals surface area (Å²) in [4.78, 5) is 15.7. The van der Waals surface area contributed by atoms with Crippen molar-refractivity contribution >= 4 is 11.6 Å². The van der Waals surface area contributed by atoms with Gasteiger partial charge in [-0.25, -0.2) is 0 Å². The number of hydrogen-bond acceptors (Lipinski definition) is 4. The maximum Gasteiger partial charge on any atom is 0.222 e. The largest absolute Gasteiger partial charge is 0.383 e. The highest BCUT2D eigenvalue weighted by molar-refractivity contribution is 5.76. The number of pyridine rings is 1. The number of amides is 1. The number of nitrogens with zero attached hydrogens (tertiary/aromatic N) is 2. The Kier molecular flexibility index (Phi) is 5.30. The van der Waals surface area contributed by atoms with Gasteiger partial charge in [0.15, 0.2) is 0 Å². The minimum atomic E-state index is -0.0336. The number of nitrogens with one attached hydrogen (secondary N) is 2. The molecule has 1 heterocycles. The summed E-state index contributed by atoms with van der Waals surface area (Å²) in [5.74, 6) is -0.0336. The third-order valence-corrected chi connectivity index (χ3v) is 2.95. The fraction of sp³-hybridized carbons (Fsp3) is 0.188. The van der Waals surface area contributed by atoms with E-state index < -0.39 is 0 Å². The first kappa shape index (κ1) is 14.5. The molecule has 0 bridgehead atoms. The van der Waals surface area contributed by atoms with Crippen LogP contribution in [0.1, 0.15) is 17.5 Å². The fourth-order valence-corrected chi connectivity index (χ4v) is 1.84. The summed E-state index contributed by atoms with van der Waals surface area (Å²) in [5.41, 5.74) is 2.35. The number of hydrogen-bond donors (Lipinski definition) is 2. The Bertz CT molecular complexity index is 634. The summed E-state index contributed by atoms with van der Waals surface area (Å²) in [6.45, 7) is 0.983. The van der Waals surface area contributed by atoms with E-state index in [1.54, 1.807) is 18.5 Å². The fourth-order valence-electron chi connectivity index (χ4n) is 1.84. The number of para-hydroxylation sites is 1. The molecule has 0 spiro atoms. The quantitative estimate of drug-likeness (QED) is 0.849. The maximum atomic E-state index is 11.7. The van der Waals surface area contributed by atoms with Gasteiger partial charge >= 0.3 is 0 Å². The first-order chi connectivity index (χ1) is 10.3. The Morgan fingerprint density at radius 3 is 2.71 bits per heavy atom. The number of rotatable bonds is 6. The van der Waals surface area contributed by atoms with Crippen LogP contribution < -0.4 is 10.6 Å².